The van der Waals surface area contributed by atoms with Crippen molar-refractivity contribution in [1.82, 2.24) is 19.7 Å². The van der Waals surface area contributed by atoms with Gasteiger partial charge in [0.15, 0.2) is 5.78 Å². The number of hydrogen-bond acceptors (Lipinski definition) is 6. The molecule has 31 heavy (non-hydrogen) atoms. The molecular weight excluding hydrogens is 412 g/mol. The van der Waals surface area contributed by atoms with E-state index in [9.17, 15) is 4.79 Å². The summed E-state index contributed by atoms with van der Waals surface area (Å²) in [7, 11) is 0. The molecule has 1 N–H and O–H groups in total. The number of aromatic nitrogens is 4. The highest BCUT2D eigenvalue weighted by molar-refractivity contribution is 6.32. The second-order valence-electron chi connectivity index (χ2n) is 8.45. The summed E-state index contributed by atoms with van der Waals surface area (Å²) in [5.41, 5.74) is 2.29. The maximum Gasteiger partial charge on any atom is 0.227 e. The minimum absolute atomic E-state index is 0.0127. The lowest BCUT2D eigenvalue weighted by molar-refractivity contribution is 0.0970. The Morgan fingerprint density at radius 1 is 1.29 bits per heavy atom. The minimum Gasteiger partial charge on any atom is -0.321 e. The molecule has 1 saturated carbocycles. The molecule has 2 aromatic heterocycles. The monoisotopic (exact) mass is 434 g/mol. The Hall–Kier alpha value is -3.24. The van der Waals surface area contributed by atoms with Crippen LogP contribution in [0.1, 0.15) is 55.9 Å². The fourth-order valence-electron chi connectivity index (χ4n) is 3.14. The first-order valence-electron chi connectivity index (χ1n) is 10.2. The van der Waals surface area contributed by atoms with Crippen molar-refractivity contribution in [3.8, 4) is 17.3 Å². The van der Waals surface area contributed by atoms with Crippen molar-refractivity contribution >= 4 is 29.0 Å². The molecule has 0 radical (unpaired) electrons. The Bertz CT molecular complexity index is 1140. The second kappa shape index (κ2) is 8.48. The van der Waals surface area contributed by atoms with E-state index in [0.29, 0.717) is 41.1 Å². The Labute approximate surface area is 186 Å². The number of anilines is 2. The summed E-state index contributed by atoms with van der Waals surface area (Å²) in [5, 5.41) is 17.1. The number of nitrogens with zero attached hydrogens (tertiary/aromatic N) is 5. The summed E-state index contributed by atoms with van der Waals surface area (Å²) in [6.45, 7) is 3.67. The number of carbonyl (C=O) groups excluding carboxylic acids is 1. The fourth-order valence-corrected chi connectivity index (χ4v) is 3.34. The number of ketones is 1. The predicted molar refractivity (Wildman–Crippen MR) is 119 cm³/mol. The Kier molecular flexibility index (Phi) is 5.75. The van der Waals surface area contributed by atoms with E-state index in [0.717, 1.165) is 24.1 Å². The van der Waals surface area contributed by atoms with E-state index in [1.807, 2.05) is 36.9 Å². The summed E-state index contributed by atoms with van der Waals surface area (Å²) in [5.74, 6) is 0.437. The van der Waals surface area contributed by atoms with E-state index in [4.69, 9.17) is 16.9 Å². The molecule has 2 heterocycles. The normalized spacial score (nSPS) is 13.6. The van der Waals surface area contributed by atoms with Crippen LogP contribution < -0.4 is 5.32 Å². The lowest BCUT2D eigenvalue weighted by Gasteiger charge is -2.13. The van der Waals surface area contributed by atoms with Crippen molar-refractivity contribution in [2.24, 2.45) is 5.41 Å². The number of rotatable bonds is 8. The molecule has 0 spiro atoms. The maximum absolute atomic E-state index is 12.5. The van der Waals surface area contributed by atoms with Crippen LogP contribution in [-0.2, 0) is 0 Å². The first-order valence-corrected chi connectivity index (χ1v) is 10.6. The highest BCUT2D eigenvalue weighted by Gasteiger charge is 2.24. The van der Waals surface area contributed by atoms with Crippen LogP contribution in [0.3, 0.4) is 0 Å². The van der Waals surface area contributed by atoms with Crippen LogP contribution in [0.15, 0.2) is 42.9 Å². The van der Waals surface area contributed by atoms with Gasteiger partial charge in [0.25, 0.3) is 0 Å². The van der Waals surface area contributed by atoms with Crippen molar-refractivity contribution in [2.45, 2.75) is 45.6 Å². The highest BCUT2D eigenvalue weighted by atomic mass is 35.5. The van der Waals surface area contributed by atoms with Crippen LogP contribution in [0, 0.1) is 16.7 Å². The van der Waals surface area contributed by atoms with Gasteiger partial charge in [0.1, 0.15) is 0 Å². The van der Waals surface area contributed by atoms with Crippen molar-refractivity contribution in [1.29, 1.82) is 5.26 Å². The van der Waals surface area contributed by atoms with Gasteiger partial charge < -0.3 is 5.32 Å². The SMILES string of the molecule is CC(C)(C#N)CCC(=O)c1ccc(-c2nc(Nc3cnn(C4CC4)c3)ncc2Cl)cc1. The minimum atomic E-state index is -0.511. The number of carbonyl (C=O) groups is 1. The van der Waals surface area contributed by atoms with E-state index in [2.05, 4.69) is 26.5 Å². The Balaban J connectivity index is 1.47. The molecule has 0 atom stereocenters. The topological polar surface area (TPSA) is 96.5 Å². The summed E-state index contributed by atoms with van der Waals surface area (Å²) in [6, 6.07) is 9.91. The first-order chi connectivity index (χ1) is 14.8. The summed E-state index contributed by atoms with van der Waals surface area (Å²) < 4.78 is 1.95. The van der Waals surface area contributed by atoms with Crippen LogP contribution in [-0.4, -0.2) is 25.5 Å². The average Bonchev–Trinajstić information content (AvgIpc) is 3.52. The van der Waals surface area contributed by atoms with Gasteiger partial charge in [-0.25, -0.2) is 9.97 Å². The third-order valence-corrected chi connectivity index (χ3v) is 5.56. The van der Waals surface area contributed by atoms with Gasteiger partial charge in [-0.1, -0.05) is 35.9 Å². The third kappa shape index (κ3) is 5.09. The standard InChI is InChI=1S/C23H23ClN6O/c1-23(2,14-25)10-9-20(31)15-3-5-16(6-4-15)21-19(24)12-26-22(29-21)28-17-11-27-30(13-17)18-7-8-18/h3-6,11-13,18H,7-10H2,1-2H3,(H,26,28,29). The van der Waals surface area contributed by atoms with Crippen LogP contribution in [0.5, 0.6) is 0 Å². The van der Waals surface area contributed by atoms with Gasteiger partial charge in [-0.2, -0.15) is 10.4 Å². The molecule has 1 aliphatic rings. The van der Waals surface area contributed by atoms with Crippen LogP contribution in [0.2, 0.25) is 5.02 Å². The predicted octanol–water partition coefficient (Wildman–Crippen LogP) is 5.58. The van der Waals surface area contributed by atoms with Gasteiger partial charge in [0.05, 0.1) is 46.3 Å². The molecule has 4 rings (SSSR count). The quantitative estimate of drug-likeness (QED) is 0.464. The Morgan fingerprint density at radius 3 is 2.71 bits per heavy atom. The number of nitriles is 1. The zero-order valence-electron chi connectivity index (χ0n) is 17.5. The summed E-state index contributed by atoms with van der Waals surface area (Å²) in [6.07, 6.45) is 8.44. The lowest BCUT2D eigenvalue weighted by Crippen LogP contribution is -2.11. The second-order valence-corrected chi connectivity index (χ2v) is 8.86. The van der Waals surface area contributed by atoms with Crippen LogP contribution >= 0.6 is 11.6 Å². The van der Waals surface area contributed by atoms with E-state index in [-0.39, 0.29) is 5.78 Å². The third-order valence-electron chi connectivity index (χ3n) is 5.28. The molecule has 1 aliphatic carbocycles. The van der Waals surface area contributed by atoms with Crippen molar-refractivity contribution in [3.63, 3.8) is 0 Å². The molecule has 1 aromatic carbocycles. The van der Waals surface area contributed by atoms with Crippen LogP contribution in [0.4, 0.5) is 11.6 Å². The highest BCUT2D eigenvalue weighted by Crippen LogP contribution is 2.35. The first kappa shape index (κ1) is 21.0. The van der Waals surface area contributed by atoms with E-state index < -0.39 is 5.41 Å². The molecule has 0 bridgehead atoms. The molecule has 0 amide bonds. The van der Waals surface area contributed by atoms with Gasteiger partial charge in [-0.05, 0) is 33.1 Å². The molecular formula is C23H23ClN6O. The van der Waals surface area contributed by atoms with E-state index >= 15 is 0 Å². The molecule has 0 saturated heterocycles. The smallest absolute Gasteiger partial charge is 0.227 e. The molecule has 1 fully saturated rings. The van der Waals surface area contributed by atoms with E-state index in [1.54, 1.807) is 24.5 Å². The van der Waals surface area contributed by atoms with Gasteiger partial charge in [0.2, 0.25) is 5.95 Å². The summed E-state index contributed by atoms with van der Waals surface area (Å²) in [4.78, 5) is 21.3. The number of Topliss-reactive ketones (excluding diaryl/α,β-unsaturated/α-hetero) is 1. The molecule has 0 unspecified atom stereocenters. The molecule has 7 nitrogen and oxygen atoms in total. The van der Waals surface area contributed by atoms with Gasteiger partial charge in [-0.3, -0.25) is 9.48 Å². The van der Waals surface area contributed by atoms with Crippen molar-refractivity contribution < 1.29 is 4.79 Å². The van der Waals surface area contributed by atoms with Crippen molar-refractivity contribution in [3.05, 3.63) is 53.4 Å². The maximum atomic E-state index is 12.5. The summed E-state index contributed by atoms with van der Waals surface area (Å²) >= 11 is 6.34. The molecule has 8 heteroatoms. The largest absolute Gasteiger partial charge is 0.321 e. The zero-order chi connectivity index (χ0) is 22.0. The van der Waals surface area contributed by atoms with Gasteiger partial charge >= 0.3 is 0 Å². The number of benzene rings is 1. The molecule has 0 aliphatic heterocycles. The van der Waals surface area contributed by atoms with Gasteiger partial charge in [-0.15, -0.1) is 0 Å². The average molecular weight is 435 g/mol. The number of hydrogen-bond donors (Lipinski definition) is 1. The van der Waals surface area contributed by atoms with Gasteiger partial charge in [0, 0.05) is 23.7 Å². The zero-order valence-corrected chi connectivity index (χ0v) is 18.2. The molecule has 158 valence electrons. The lowest BCUT2D eigenvalue weighted by atomic mass is 9.88. The number of nitrogens with one attached hydrogen (secondary N) is 1. The Morgan fingerprint density at radius 2 is 2.03 bits per heavy atom. The number of halogens is 1. The van der Waals surface area contributed by atoms with E-state index in [1.165, 1.54) is 0 Å². The fraction of sp³-hybridized carbons (Fsp3) is 0.348. The molecule has 3 aromatic rings. The van der Waals surface area contributed by atoms with Crippen LogP contribution in [0.25, 0.3) is 11.3 Å². The van der Waals surface area contributed by atoms with Crippen molar-refractivity contribution in [2.75, 3.05) is 5.32 Å².